The molecule has 2 heterocycles. The molecule has 1 atom stereocenters. The zero-order chi connectivity index (χ0) is 24.8. The zero-order valence-corrected chi connectivity index (χ0v) is 20.5. The molecule has 1 aromatic heterocycles. The second-order valence-corrected chi connectivity index (χ2v) is 10.2. The zero-order valence-electron chi connectivity index (χ0n) is 18.9. The lowest BCUT2D eigenvalue weighted by Gasteiger charge is -2.40. The van der Waals surface area contributed by atoms with Crippen LogP contribution in [-0.4, -0.2) is 47.2 Å². The summed E-state index contributed by atoms with van der Waals surface area (Å²) in [7, 11) is 1.90. The monoisotopic (exact) mass is 537 g/mol. The van der Waals surface area contributed by atoms with Gasteiger partial charge in [-0.2, -0.15) is 23.1 Å². The number of likely N-dealkylation sites (tertiary alicyclic amines) is 1. The summed E-state index contributed by atoms with van der Waals surface area (Å²) < 4.78 is 79.5. The van der Waals surface area contributed by atoms with Crippen molar-refractivity contribution in [3.05, 3.63) is 33.8 Å². The molecule has 1 saturated heterocycles. The molecule has 0 spiro atoms. The van der Waals surface area contributed by atoms with Crippen molar-refractivity contribution >= 4 is 26.8 Å². The highest BCUT2D eigenvalue weighted by Crippen LogP contribution is 2.42. The number of fused-ring (bicyclic) bond motifs is 1. The van der Waals surface area contributed by atoms with Crippen LogP contribution in [0.1, 0.15) is 39.7 Å². The fraction of sp³-hybridized carbons (Fsp3) is 0.545. The van der Waals surface area contributed by atoms with Gasteiger partial charge in [0.1, 0.15) is 17.7 Å². The lowest BCUT2D eigenvalue weighted by atomic mass is 9.78. The van der Waals surface area contributed by atoms with Gasteiger partial charge >= 0.3 is 12.2 Å². The number of rotatable bonds is 4. The van der Waals surface area contributed by atoms with E-state index in [-0.39, 0.29) is 29.4 Å². The van der Waals surface area contributed by atoms with Crippen molar-refractivity contribution in [3.63, 3.8) is 0 Å². The van der Waals surface area contributed by atoms with Crippen LogP contribution in [0.3, 0.4) is 0 Å². The van der Waals surface area contributed by atoms with Gasteiger partial charge in [-0.25, -0.2) is 8.78 Å². The fourth-order valence-corrected chi connectivity index (χ4v) is 4.26. The first-order valence-corrected chi connectivity index (χ1v) is 11.0. The van der Waals surface area contributed by atoms with Gasteiger partial charge in [0, 0.05) is 18.5 Å². The molecule has 0 bridgehead atoms. The molecule has 11 heteroatoms. The van der Waals surface area contributed by atoms with Crippen molar-refractivity contribution in [3.8, 4) is 11.9 Å². The molecule has 3 rings (SSSR count). The molecule has 1 aliphatic heterocycles. The first-order valence-electron chi connectivity index (χ1n) is 10.2. The minimum absolute atomic E-state index is 0.0169. The van der Waals surface area contributed by atoms with E-state index in [0.29, 0.717) is 31.4 Å². The molecule has 0 N–H and O–H groups in total. The van der Waals surface area contributed by atoms with Crippen LogP contribution in [0.4, 0.5) is 22.0 Å². The lowest BCUT2D eigenvalue weighted by Crippen LogP contribution is -2.44. The molecule has 33 heavy (non-hydrogen) atoms. The van der Waals surface area contributed by atoms with Crippen LogP contribution >= 0.6 is 15.9 Å². The van der Waals surface area contributed by atoms with Gasteiger partial charge in [-0.15, -0.1) is 0 Å². The minimum atomic E-state index is -4.81. The smallest absolute Gasteiger partial charge is 0.417 e. The molecule has 0 amide bonds. The topological polar surface area (TPSA) is 47.5 Å². The molecule has 0 unspecified atom stereocenters. The molecule has 0 aliphatic carbocycles. The van der Waals surface area contributed by atoms with E-state index in [1.54, 1.807) is 20.8 Å². The first-order chi connectivity index (χ1) is 15.1. The van der Waals surface area contributed by atoms with Crippen LogP contribution in [0.25, 0.3) is 10.9 Å². The van der Waals surface area contributed by atoms with E-state index in [1.807, 2.05) is 18.9 Å². The lowest BCUT2D eigenvalue weighted by molar-refractivity contribution is -0.138. The number of hydrogen-bond acceptors (Lipinski definition) is 5. The van der Waals surface area contributed by atoms with Gasteiger partial charge in [-0.05, 0) is 61.8 Å². The molecular formula is C22H25BrF5N3O2. The number of piperidine rings is 1. The number of ether oxygens (including phenoxy) is 2. The van der Waals surface area contributed by atoms with E-state index in [1.165, 1.54) is 0 Å². The number of benzene rings is 1. The summed E-state index contributed by atoms with van der Waals surface area (Å²) in [6.07, 6.45) is -3.72. The Kier molecular flexibility index (Phi) is 6.97. The number of aromatic nitrogens is 2. The summed E-state index contributed by atoms with van der Waals surface area (Å²) in [4.78, 5) is 10.2. The molecule has 5 nitrogen and oxygen atoms in total. The summed E-state index contributed by atoms with van der Waals surface area (Å²) in [6.45, 7) is 8.06. The minimum Gasteiger partial charge on any atom is -0.471 e. The predicted octanol–water partition coefficient (Wildman–Crippen LogP) is 6.30. The summed E-state index contributed by atoms with van der Waals surface area (Å²) in [6, 6.07) is 0.467. The number of halogens is 6. The third kappa shape index (κ3) is 5.56. The van der Waals surface area contributed by atoms with Gasteiger partial charge in [-0.3, -0.25) is 0 Å². The Balaban J connectivity index is 2.09. The Labute approximate surface area is 197 Å². The highest BCUT2D eigenvalue weighted by molar-refractivity contribution is 9.10. The highest BCUT2D eigenvalue weighted by Gasteiger charge is 2.38. The van der Waals surface area contributed by atoms with Gasteiger partial charge in [0.2, 0.25) is 5.88 Å². The van der Waals surface area contributed by atoms with E-state index >= 15 is 4.39 Å². The second-order valence-electron chi connectivity index (χ2n) is 9.44. The van der Waals surface area contributed by atoms with Crippen molar-refractivity contribution < 1.29 is 31.4 Å². The molecule has 182 valence electrons. The van der Waals surface area contributed by atoms with Crippen LogP contribution in [0.5, 0.6) is 11.9 Å². The summed E-state index contributed by atoms with van der Waals surface area (Å²) in [5.41, 5.74) is -2.56. The third-order valence-corrected chi connectivity index (χ3v) is 6.11. The van der Waals surface area contributed by atoms with Crippen LogP contribution in [0, 0.1) is 11.2 Å². The Hall–Kier alpha value is -2.01. The van der Waals surface area contributed by atoms with Crippen molar-refractivity contribution in [2.24, 2.45) is 5.41 Å². The van der Waals surface area contributed by atoms with Crippen molar-refractivity contribution in [1.29, 1.82) is 0 Å². The Bertz CT molecular complexity index is 1080. The van der Waals surface area contributed by atoms with Crippen LogP contribution in [0.15, 0.2) is 22.4 Å². The Morgan fingerprint density at radius 1 is 1.24 bits per heavy atom. The van der Waals surface area contributed by atoms with E-state index < -0.39 is 33.0 Å². The quantitative estimate of drug-likeness (QED) is 0.428. The standard InChI is InChI=1S/C22H25BrF5N3O2/c1-20(2,3)33-18-13-8-14(22(26,27)28)15(23)16(25)17(13)29-19(30-18)32-11-21(4)10-31(5)7-6-12(21)9-24/h8-9H,6-7,10-11H2,1-5H3/b12-9+/t21-/m0/s1. The van der Waals surface area contributed by atoms with Gasteiger partial charge in [0.15, 0.2) is 5.82 Å². The van der Waals surface area contributed by atoms with E-state index in [2.05, 4.69) is 25.9 Å². The van der Waals surface area contributed by atoms with E-state index in [0.717, 1.165) is 6.07 Å². The summed E-state index contributed by atoms with van der Waals surface area (Å²) in [5.74, 6) is -1.45. The van der Waals surface area contributed by atoms with E-state index in [9.17, 15) is 17.6 Å². The van der Waals surface area contributed by atoms with Gasteiger partial charge in [0.05, 0.1) is 21.8 Å². The predicted molar refractivity (Wildman–Crippen MR) is 117 cm³/mol. The number of nitrogens with zero attached hydrogens (tertiary/aromatic N) is 3. The highest BCUT2D eigenvalue weighted by atomic mass is 79.9. The SMILES string of the molecule is CN1CC/C(=C\F)[C@](C)(COc2nc(OC(C)(C)C)c3cc(C(F)(F)F)c(Br)c(F)c3n2)C1. The van der Waals surface area contributed by atoms with Crippen LogP contribution < -0.4 is 9.47 Å². The van der Waals surface area contributed by atoms with Crippen molar-refractivity contribution in [1.82, 2.24) is 14.9 Å². The summed E-state index contributed by atoms with van der Waals surface area (Å²) in [5, 5.41) is -0.238. The Morgan fingerprint density at radius 2 is 1.91 bits per heavy atom. The molecule has 1 aliphatic rings. The number of hydrogen-bond donors (Lipinski definition) is 0. The van der Waals surface area contributed by atoms with Gasteiger partial charge in [0.25, 0.3) is 0 Å². The molecule has 1 aromatic carbocycles. The molecule has 0 saturated carbocycles. The number of alkyl halides is 3. The largest absolute Gasteiger partial charge is 0.471 e. The van der Waals surface area contributed by atoms with Crippen molar-refractivity contribution in [2.75, 3.05) is 26.7 Å². The second kappa shape index (κ2) is 8.98. The Morgan fingerprint density at radius 3 is 2.48 bits per heavy atom. The maximum atomic E-state index is 15.0. The van der Waals surface area contributed by atoms with Crippen LogP contribution in [-0.2, 0) is 6.18 Å². The maximum absolute atomic E-state index is 15.0. The van der Waals surface area contributed by atoms with Gasteiger partial charge < -0.3 is 14.4 Å². The molecule has 2 aromatic rings. The third-order valence-electron chi connectivity index (χ3n) is 5.33. The summed E-state index contributed by atoms with van der Waals surface area (Å²) >= 11 is 2.69. The average molecular weight is 538 g/mol. The normalized spacial score (nSPS) is 21.6. The molecule has 1 fully saturated rings. The average Bonchev–Trinajstić information content (AvgIpc) is 2.67. The van der Waals surface area contributed by atoms with Crippen LogP contribution in [0.2, 0.25) is 0 Å². The van der Waals surface area contributed by atoms with E-state index in [4.69, 9.17) is 9.47 Å². The molecular weight excluding hydrogens is 513 g/mol. The van der Waals surface area contributed by atoms with Gasteiger partial charge in [-0.1, -0.05) is 6.92 Å². The maximum Gasteiger partial charge on any atom is 0.417 e. The first kappa shape index (κ1) is 25.6. The fourth-order valence-electron chi connectivity index (χ4n) is 3.73. The van der Waals surface area contributed by atoms with Crippen molar-refractivity contribution in [2.45, 2.75) is 45.9 Å². The molecule has 0 radical (unpaired) electrons.